The molecular weight excluding hydrogens is 312 g/mol. The van der Waals surface area contributed by atoms with Crippen molar-refractivity contribution in [3.8, 4) is 0 Å². The van der Waals surface area contributed by atoms with E-state index in [-0.39, 0.29) is 28.1 Å². The normalized spacial score (nSPS) is 17.0. The molecule has 1 atom stereocenters. The molecule has 0 fully saturated rings. The van der Waals surface area contributed by atoms with Crippen LogP contribution in [0, 0.1) is 22.2 Å². The van der Waals surface area contributed by atoms with Gasteiger partial charge in [0.1, 0.15) is 19.0 Å². The van der Waals surface area contributed by atoms with Crippen LogP contribution < -0.4 is 0 Å². The van der Waals surface area contributed by atoms with Crippen LogP contribution in [0.1, 0.15) is 74.7 Å². The standard InChI is InChI=1S/C22H38O3/c1-20(2,3)16-18(22(7,8)21(4,5)6)19(23)25-15-14-24-17-12-10-9-11-13-17/h10,12-13,18H,9,11,14-16H2,1-8H3. The summed E-state index contributed by atoms with van der Waals surface area (Å²) in [4.78, 5) is 12.9. The molecule has 0 N–H and O–H groups in total. The van der Waals surface area contributed by atoms with Crippen LogP contribution in [0.2, 0.25) is 0 Å². The van der Waals surface area contributed by atoms with E-state index in [2.05, 4.69) is 67.5 Å². The SMILES string of the molecule is CC(C)(C)CC(C(=O)OCCOC1=CCCC=C1)C(C)(C)C(C)(C)C. The van der Waals surface area contributed by atoms with Gasteiger partial charge in [0.05, 0.1) is 5.92 Å². The molecule has 3 heteroatoms. The number of rotatable bonds is 7. The Balaban J connectivity index is 2.66. The number of hydrogen-bond donors (Lipinski definition) is 0. The van der Waals surface area contributed by atoms with Gasteiger partial charge in [0.2, 0.25) is 0 Å². The molecule has 1 rings (SSSR count). The molecule has 0 heterocycles. The molecule has 0 aliphatic heterocycles. The van der Waals surface area contributed by atoms with Crippen LogP contribution in [-0.2, 0) is 14.3 Å². The highest BCUT2D eigenvalue weighted by molar-refractivity contribution is 5.73. The lowest BCUT2D eigenvalue weighted by molar-refractivity contribution is -0.159. The second kappa shape index (κ2) is 8.42. The Morgan fingerprint density at radius 3 is 2.16 bits per heavy atom. The fourth-order valence-corrected chi connectivity index (χ4v) is 2.87. The van der Waals surface area contributed by atoms with E-state index >= 15 is 0 Å². The second-order valence-electron chi connectivity index (χ2n) is 9.89. The van der Waals surface area contributed by atoms with Gasteiger partial charge in [-0.2, -0.15) is 0 Å². The van der Waals surface area contributed by atoms with Crippen LogP contribution in [0.25, 0.3) is 0 Å². The molecule has 0 aromatic rings. The molecule has 1 aliphatic rings. The van der Waals surface area contributed by atoms with Gasteiger partial charge in [-0.25, -0.2) is 0 Å². The van der Waals surface area contributed by atoms with Crippen LogP contribution in [0.5, 0.6) is 0 Å². The maximum Gasteiger partial charge on any atom is 0.309 e. The third-order valence-corrected chi connectivity index (χ3v) is 5.46. The Bertz CT molecular complexity index is 498. The van der Waals surface area contributed by atoms with Crippen molar-refractivity contribution in [2.45, 2.75) is 74.7 Å². The first-order valence-corrected chi connectivity index (χ1v) is 9.51. The van der Waals surface area contributed by atoms with E-state index in [1.54, 1.807) is 0 Å². The number of ether oxygens (including phenoxy) is 2. The molecule has 0 aromatic heterocycles. The monoisotopic (exact) mass is 350 g/mol. The Morgan fingerprint density at radius 2 is 1.68 bits per heavy atom. The molecule has 0 bridgehead atoms. The maximum absolute atomic E-state index is 12.9. The minimum absolute atomic E-state index is 0.0101. The highest BCUT2D eigenvalue weighted by atomic mass is 16.6. The quantitative estimate of drug-likeness (QED) is 0.423. The Hall–Kier alpha value is -1.25. The summed E-state index contributed by atoms with van der Waals surface area (Å²) in [7, 11) is 0. The number of allylic oxidation sites excluding steroid dienone is 3. The van der Waals surface area contributed by atoms with Crippen molar-refractivity contribution in [2.75, 3.05) is 13.2 Å². The molecule has 0 saturated carbocycles. The number of carbonyl (C=O) groups is 1. The smallest absolute Gasteiger partial charge is 0.309 e. The van der Waals surface area contributed by atoms with Crippen molar-refractivity contribution in [3.63, 3.8) is 0 Å². The van der Waals surface area contributed by atoms with E-state index in [1.807, 2.05) is 6.08 Å². The lowest BCUT2D eigenvalue weighted by Gasteiger charge is -2.45. The molecular formula is C22H38O3. The molecule has 3 nitrogen and oxygen atoms in total. The van der Waals surface area contributed by atoms with Crippen molar-refractivity contribution in [2.24, 2.45) is 22.2 Å². The fraction of sp³-hybridized carbons (Fsp3) is 0.773. The van der Waals surface area contributed by atoms with Gasteiger partial charge < -0.3 is 9.47 Å². The topological polar surface area (TPSA) is 35.5 Å². The van der Waals surface area contributed by atoms with Gasteiger partial charge >= 0.3 is 5.97 Å². The lowest BCUT2D eigenvalue weighted by Crippen LogP contribution is -2.43. The average molecular weight is 351 g/mol. The minimum atomic E-state index is -0.160. The van der Waals surface area contributed by atoms with Gasteiger partial charge in [-0.05, 0) is 47.7 Å². The van der Waals surface area contributed by atoms with Crippen molar-refractivity contribution < 1.29 is 14.3 Å². The Kier molecular flexibility index (Phi) is 7.34. The summed E-state index contributed by atoms with van der Waals surface area (Å²) in [5, 5.41) is 0. The van der Waals surface area contributed by atoms with Crippen molar-refractivity contribution in [3.05, 3.63) is 24.0 Å². The van der Waals surface area contributed by atoms with Crippen molar-refractivity contribution >= 4 is 5.97 Å². The van der Waals surface area contributed by atoms with Crippen molar-refractivity contribution in [1.82, 2.24) is 0 Å². The van der Waals surface area contributed by atoms with Crippen LogP contribution >= 0.6 is 0 Å². The zero-order valence-electron chi connectivity index (χ0n) is 17.6. The van der Waals surface area contributed by atoms with Crippen LogP contribution in [0.3, 0.4) is 0 Å². The van der Waals surface area contributed by atoms with E-state index < -0.39 is 0 Å². The average Bonchev–Trinajstić information content (AvgIpc) is 2.48. The molecule has 1 unspecified atom stereocenters. The fourth-order valence-electron chi connectivity index (χ4n) is 2.87. The molecule has 1 aliphatic carbocycles. The minimum Gasteiger partial charge on any atom is -0.490 e. The van der Waals surface area contributed by atoms with Gasteiger partial charge in [0.15, 0.2) is 0 Å². The highest BCUT2D eigenvalue weighted by Crippen LogP contribution is 2.48. The van der Waals surface area contributed by atoms with E-state index in [0.717, 1.165) is 25.0 Å². The summed E-state index contributed by atoms with van der Waals surface area (Å²) in [5.74, 6) is 0.636. The lowest BCUT2D eigenvalue weighted by atomic mass is 9.59. The van der Waals surface area contributed by atoms with Gasteiger partial charge in [-0.15, -0.1) is 0 Å². The summed E-state index contributed by atoms with van der Waals surface area (Å²) in [6.07, 6.45) is 9.05. The first-order valence-electron chi connectivity index (χ1n) is 9.51. The summed E-state index contributed by atoms with van der Waals surface area (Å²) in [5.41, 5.74) is -0.0800. The zero-order valence-corrected chi connectivity index (χ0v) is 17.6. The molecule has 0 aromatic carbocycles. The first-order chi connectivity index (χ1) is 11.3. The van der Waals surface area contributed by atoms with Gasteiger partial charge in [-0.1, -0.05) is 61.5 Å². The van der Waals surface area contributed by atoms with E-state index in [9.17, 15) is 4.79 Å². The molecule has 0 saturated heterocycles. The van der Waals surface area contributed by atoms with Crippen LogP contribution in [0.15, 0.2) is 24.0 Å². The van der Waals surface area contributed by atoms with E-state index in [4.69, 9.17) is 9.47 Å². The predicted octanol–water partition coefficient (Wildman–Crippen LogP) is 5.90. The second-order valence-corrected chi connectivity index (χ2v) is 9.89. The summed E-state index contributed by atoms with van der Waals surface area (Å²) < 4.78 is 11.3. The highest BCUT2D eigenvalue weighted by Gasteiger charge is 2.45. The maximum atomic E-state index is 12.9. The van der Waals surface area contributed by atoms with Gasteiger partial charge in [0.25, 0.3) is 0 Å². The van der Waals surface area contributed by atoms with Gasteiger partial charge in [0, 0.05) is 0 Å². The molecule has 144 valence electrons. The predicted molar refractivity (Wildman–Crippen MR) is 104 cm³/mol. The molecule has 25 heavy (non-hydrogen) atoms. The van der Waals surface area contributed by atoms with E-state index in [1.165, 1.54) is 0 Å². The Morgan fingerprint density at radius 1 is 1.04 bits per heavy atom. The number of esters is 1. The molecule has 0 amide bonds. The van der Waals surface area contributed by atoms with Crippen LogP contribution in [0.4, 0.5) is 0 Å². The molecule has 0 spiro atoms. The van der Waals surface area contributed by atoms with Gasteiger partial charge in [-0.3, -0.25) is 4.79 Å². The summed E-state index contributed by atoms with van der Waals surface area (Å²) in [6.45, 7) is 18.2. The number of hydrogen-bond acceptors (Lipinski definition) is 3. The third kappa shape index (κ3) is 6.87. The Labute approximate surface area is 154 Å². The third-order valence-electron chi connectivity index (χ3n) is 5.46. The largest absolute Gasteiger partial charge is 0.490 e. The summed E-state index contributed by atoms with van der Waals surface area (Å²) in [6, 6.07) is 0. The molecule has 0 radical (unpaired) electrons. The van der Waals surface area contributed by atoms with Crippen molar-refractivity contribution in [1.29, 1.82) is 0 Å². The zero-order chi connectivity index (χ0) is 19.3. The van der Waals surface area contributed by atoms with Crippen LogP contribution in [-0.4, -0.2) is 19.2 Å². The summed E-state index contributed by atoms with van der Waals surface area (Å²) >= 11 is 0. The first kappa shape index (κ1) is 21.8. The number of carbonyl (C=O) groups excluding carboxylic acids is 1. The van der Waals surface area contributed by atoms with E-state index in [0.29, 0.717) is 13.2 Å².